The molecule has 0 aromatic heterocycles. The molecule has 1 rings (SSSR count). The molecule has 1 aromatic rings. The van der Waals surface area contributed by atoms with Gasteiger partial charge >= 0.3 is 0 Å². The summed E-state index contributed by atoms with van der Waals surface area (Å²) in [5, 5.41) is 0.588. The van der Waals surface area contributed by atoms with Crippen molar-refractivity contribution < 1.29 is 9.47 Å². The van der Waals surface area contributed by atoms with Crippen LogP contribution in [0.2, 0.25) is 5.02 Å². The molecule has 1 aromatic carbocycles. The lowest BCUT2D eigenvalue weighted by Crippen LogP contribution is -2.14. The molecular weight excluding hydrogens is 214 g/mol. The molecule has 0 aliphatic rings. The number of ether oxygens (including phenoxy) is 2. The van der Waals surface area contributed by atoms with E-state index in [0.717, 1.165) is 5.56 Å². The van der Waals surface area contributed by atoms with Crippen LogP contribution in [0.25, 0.3) is 0 Å². The van der Waals surface area contributed by atoms with Crippen molar-refractivity contribution >= 4 is 11.6 Å². The number of rotatable bonds is 5. The predicted octanol–water partition coefficient (Wildman–Crippen LogP) is 2.38. The lowest BCUT2D eigenvalue weighted by molar-refractivity contribution is 0.110. The first-order chi connectivity index (χ1) is 7.22. The summed E-state index contributed by atoms with van der Waals surface area (Å²) in [6.07, 6.45) is -0.113. The molecule has 1 unspecified atom stereocenters. The van der Waals surface area contributed by atoms with Gasteiger partial charge in [-0.1, -0.05) is 17.7 Å². The molecule has 0 fully saturated rings. The van der Waals surface area contributed by atoms with Crippen molar-refractivity contribution in [2.75, 3.05) is 20.3 Å². The number of benzene rings is 1. The van der Waals surface area contributed by atoms with Crippen molar-refractivity contribution in [3.63, 3.8) is 0 Å². The van der Waals surface area contributed by atoms with Gasteiger partial charge in [-0.2, -0.15) is 0 Å². The van der Waals surface area contributed by atoms with Gasteiger partial charge < -0.3 is 15.2 Å². The van der Waals surface area contributed by atoms with Crippen LogP contribution in [0.4, 0.5) is 0 Å². The first-order valence-corrected chi connectivity index (χ1v) is 5.25. The average Bonchev–Trinajstić information content (AvgIpc) is 2.24. The highest BCUT2D eigenvalue weighted by Crippen LogP contribution is 2.28. The Morgan fingerprint density at radius 3 is 2.67 bits per heavy atom. The van der Waals surface area contributed by atoms with Crippen molar-refractivity contribution in [1.82, 2.24) is 0 Å². The maximum absolute atomic E-state index is 6.04. The van der Waals surface area contributed by atoms with Crippen molar-refractivity contribution in [2.45, 2.75) is 13.0 Å². The molecule has 0 saturated carbocycles. The molecule has 0 amide bonds. The molecule has 0 spiro atoms. The zero-order valence-corrected chi connectivity index (χ0v) is 9.75. The van der Waals surface area contributed by atoms with Gasteiger partial charge in [0.2, 0.25) is 0 Å². The zero-order chi connectivity index (χ0) is 11.3. The Balaban J connectivity index is 2.89. The minimum atomic E-state index is -0.113. The first kappa shape index (κ1) is 12.3. The fraction of sp³-hybridized carbons (Fsp3) is 0.455. The Bertz CT molecular complexity index is 313. The van der Waals surface area contributed by atoms with Crippen molar-refractivity contribution in [2.24, 2.45) is 5.73 Å². The van der Waals surface area contributed by atoms with Crippen LogP contribution in [0.15, 0.2) is 18.2 Å². The molecule has 0 radical (unpaired) electrons. The Labute approximate surface area is 95.1 Å². The summed E-state index contributed by atoms with van der Waals surface area (Å²) in [4.78, 5) is 0. The molecular formula is C11H16ClNO2. The first-order valence-electron chi connectivity index (χ1n) is 4.88. The molecule has 0 aliphatic heterocycles. The number of halogens is 1. The highest BCUT2D eigenvalue weighted by atomic mass is 35.5. The Kier molecular flexibility index (Phi) is 4.88. The summed E-state index contributed by atoms with van der Waals surface area (Å²) in [5.74, 6) is 0.690. The van der Waals surface area contributed by atoms with Crippen LogP contribution in [0, 0.1) is 0 Å². The molecule has 0 aliphatic carbocycles. The van der Waals surface area contributed by atoms with Crippen LogP contribution < -0.4 is 10.5 Å². The van der Waals surface area contributed by atoms with Gasteiger partial charge in [0.05, 0.1) is 17.7 Å². The van der Waals surface area contributed by atoms with E-state index in [2.05, 4.69) is 0 Å². The van der Waals surface area contributed by atoms with E-state index >= 15 is 0 Å². The second-order valence-corrected chi connectivity index (χ2v) is 3.49. The Morgan fingerprint density at radius 1 is 1.47 bits per heavy atom. The smallest absolute Gasteiger partial charge is 0.137 e. The Morgan fingerprint density at radius 2 is 2.20 bits per heavy atom. The number of hydrogen-bond acceptors (Lipinski definition) is 3. The monoisotopic (exact) mass is 229 g/mol. The third-order valence-corrected chi connectivity index (χ3v) is 2.42. The Hall–Kier alpha value is -0.770. The maximum Gasteiger partial charge on any atom is 0.137 e. The van der Waals surface area contributed by atoms with Crippen molar-refractivity contribution in [3.8, 4) is 5.75 Å². The normalized spacial score (nSPS) is 12.5. The number of hydrogen-bond donors (Lipinski definition) is 1. The molecule has 0 bridgehead atoms. The van der Waals surface area contributed by atoms with E-state index < -0.39 is 0 Å². The van der Waals surface area contributed by atoms with Gasteiger partial charge in [0.15, 0.2) is 0 Å². The summed E-state index contributed by atoms with van der Waals surface area (Å²) in [7, 11) is 1.63. The average molecular weight is 230 g/mol. The van der Waals surface area contributed by atoms with Gasteiger partial charge in [0.1, 0.15) is 5.75 Å². The maximum atomic E-state index is 6.04. The second kappa shape index (κ2) is 5.95. The van der Waals surface area contributed by atoms with Gasteiger partial charge in [-0.05, 0) is 24.6 Å². The van der Waals surface area contributed by atoms with Crippen LogP contribution in [-0.2, 0) is 4.74 Å². The zero-order valence-electron chi connectivity index (χ0n) is 9.00. The molecule has 84 valence electrons. The van der Waals surface area contributed by atoms with E-state index in [0.29, 0.717) is 23.9 Å². The summed E-state index contributed by atoms with van der Waals surface area (Å²) in [6, 6.07) is 5.58. The van der Waals surface area contributed by atoms with Crippen LogP contribution >= 0.6 is 11.6 Å². The number of methoxy groups -OCH3 is 1. The van der Waals surface area contributed by atoms with Crippen molar-refractivity contribution in [1.29, 1.82) is 0 Å². The molecule has 2 N–H and O–H groups in total. The molecule has 4 heteroatoms. The van der Waals surface area contributed by atoms with Gasteiger partial charge in [-0.15, -0.1) is 0 Å². The van der Waals surface area contributed by atoms with Crippen LogP contribution in [0.3, 0.4) is 0 Å². The summed E-state index contributed by atoms with van der Waals surface area (Å²) < 4.78 is 10.6. The summed E-state index contributed by atoms with van der Waals surface area (Å²) in [5.41, 5.74) is 6.53. The van der Waals surface area contributed by atoms with Crippen LogP contribution in [-0.4, -0.2) is 20.3 Å². The fourth-order valence-electron chi connectivity index (χ4n) is 1.36. The third-order valence-electron chi connectivity index (χ3n) is 2.13. The van der Waals surface area contributed by atoms with E-state index in [1.807, 2.05) is 25.1 Å². The minimum Gasteiger partial charge on any atom is -0.492 e. The second-order valence-electron chi connectivity index (χ2n) is 3.08. The topological polar surface area (TPSA) is 44.5 Å². The summed E-state index contributed by atoms with van der Waals surface area (Å²) in [6.45, 7) is 2.95. The van der Waals surface area contributed by atoms with Gasteiger partial charge in [0, 0.05) is 13.7 Å². The van der Waals surface area contributed by atoms with E-state index in [4.69, 9.17) is 26.8 Å². The predicted molar refractivity (Wildman–Crippen MR) is 61.4 cm³/mol. The quantitative estimate of drug-likeness (QED) is 0.843. The molecule has 3 nitrogen and oxygen atoms in total. The van der Waals surface area contributed by atoms with E-state index in [1.165, 1.54) is 0 Å². The molecule has 15 heavy (non-hydrogen) atoms. The van der Waals surface area contributed by atoms with Crippen molar-refractivity contribution in [3.05, 3.63) is 28.8 Å². The number of nitrogens with two attached hydrogens (primary N) is 1. The standard InChI is InChI=1S/C11H16ClNO2/c1-3-15-10-5-4-8(6-9(10)12)11(7-13)14-2/h4-6,11H,3,7,13H2,1-2H3. The van der Waals surface area contributed by atoms with Crippen LogP contribution in [0.1, 0.15) is 18.6 Å². The fourth-order valence-corrected chi connectivity index (χ4v) is 1.60. The lowest BCUT2D eigenvalue weighted by Gasteiger charge is -2.14. The largest absolute Gasteiger partial charge is 0.492 e. The molecule has 0 saturated heterocycles. The summed E-state index contributed by atoms with van der Waals surface area (Å²) >= 11 is 6.04. The third kappa shape index (κ3) is 3.09. The van der Waals surface area contributed by atoms with E-state index in [1.54, 1.807) is 7.11 Å². The lowest BCUT2D eigenvalue weighted by atomic mass is 10.1. The SMILES string of the molecule is CCOc1ccc(C(CN)OC)cc1Cl. The minimum absolute atomic E-state index is 0.113. The molecule has 1 atom stereocenters. The van der Waals surface area contributed by atoms with Gasteiger partial charge in [-0.25, -0.2) is 0 Å². The van der Waals surface area contributed by atoms with E-state index in [9.17, 15) is 0 Å². The highest BCUT2D eigenvalue weighted by molar-refractivity contribution is 6.32. The van der Waals surface area contributed by atoms with E-state index in [-0.39, 0.29) is 6.10 Å². The van der Waals surface area contributed by atoms with Gasteiger partial charge in [-0.3, -0.25) is 0 Å². The molecule has 0 heterocycles. The van der Waals surface area contributed by atoms with Gasteiger partial charge in [0.25, 0.3) is 0 Å². The highest BCUT2D eigenvalue weighted by Gasteiger charge is 2.10. The van der Waals surface area contributed by atoms with Crippen LogP contribution in [0.5, 0.6) is 5.75 Å².